The minimum atomic E-state index is -3.40. The molecule has 0 bridgehead atoms. The average molecular weight is 367 g/mol. The molecule has 0 aliphatic rings. The first-order valence-corrected chi connectivity index (χ1v) is 9.75. The summed E-state index contributed by atoms with van der Waals surface area (Å²) >= 11 is 0.925. The van der Waals surface area contributed by atoms with Crippen molar-refractivity contribution in [1.82, 2.24) is 5.32 Å². The third-order valence-electron chi connectivity index (χ3n) is 3.30. The van der Waals surface area contributed by atoms with Gasteiger partial charge in [0.05, 0.1) is 5.56 Å². The molecule has 24 heavy (non-hydrogen) atoms. The second kappa shape index (κ2) is 6.74. The van der Waals surface area contributed by atoms with E-state index in [1.54, 1.807) is 12.1 Å². The number of rotatable bonds is 5. The van der Waals surface area contributed by atoms with Crippen molar-refractivity contribution in [2.75, 3.05) is 6.26 Å². The summed E-state index contributed by atoms with van der Waals surface area (Å²) in [7, 11) is -3.40. The van der Waals surface area contributed by atoms with Crippen molar-refractivity contribution in [3.63, 3.8) is 0 Å². The van der Waals surface area contributed by atoms with Gasteiger partial charge in [-0.2, -0.15) is 0 Å². The van der Waals surface area contributed by atoms with E-state index in [4.69, 9.17) is 0 Å². The zero-order chi connectivity index (χ0) is 18.1. The van der Waals surface area contributed by atoms with Crippen LogP contribution in [0.3, 0.4) is 0 Å². The SMILES string of the molecule is Cc1cc(C)cc(C(NC(=O)c2csc(S(C)(=O)=O)c2)C(=O)O)c1. The van der Waals surface area contributed by atoms with Gasteiger partial charge >= 0.3 is 5.97 Å². The van der Waals surface area contributed by atoms with Crippen molar-refractivity contribution in [3.05, 3.63) is 51.9 Å². The zero-order valence-corrected chi connectivity index (χ0v) is 15.0. The quantitative estimate of drug-likeness (QED) is 0.845. The summed E-state index contributed by atoms with van der Waals surface area (Å²) in [5, 5.41) is 13.3. The highest BCUT2D eigenvalue weighted by atomic mass is 32.2. The first kappa shape index (κ1) is 18.2. The summed E-state index contributed by atoms with van der Waals surface area (Å²) < 4.78 is 23.0. The number of aliphatic carboxylic acids is 1. The number of benzene rings is 1. The molecule has 1 aromatic heterocycles. The number of amides is 1. The Morgan fingerprint density at radius 2 is 1.71 bits per heavy atom. The number of carboxylic acids is 1. The maximum absolute atomic E-state index is 12.3. The second-order valence-electron chi connectivity index (χ2n) is 5.59. The lowest BCUT2D eigenvalue weighted by Crippen LogP contribution is -2.33. The molecule has 1 amide bonds. The normalized spacial score (nSPS) is 12.6. The van der Waals surface area contributed by atoms with Gasteiger partial charge < -0.3 is 10.4 Å². The minimum Gasteiger partial charge on any atom is -0.479 e. The van der Waals surface area contributed by atoms with Crippen LogP contribution in [0.1, 0.15) is 33.1 Å². The van der Waals surface area contributed by atoms with Gasteiger partial charge in [0.1, 0.15) is 4.21 Å². The van der Waals surface area contributed by atoms with Gasteiger partial charge in [-0.25, -0.2) is 13.2 Å². The maximum atomic E-state index is 12.3. The second-order valence-corrected chi connectivity index (χ2v) is 8.75. The van der Waals surface area contributed by atoms with Crippen LogP contribution in [0.15, 0.2) is 33.9 Å². The van der Waals surface area contributed by atoms with Crippen LogP contribution in [-0.4, -0.2) is 31.7 Å². The van der Waals surface area contributed by atoms with Crippen molar-refractivity contribution in [3.8, 4) is 0 Å². The molecule has 0 saturated carbocycles. The fourth-order valence-electron chi connectivity index (χ4n) is 2.31. The smallest absolute Gasteiger partial charge is 0.330 e. The number of sulfone groups is 1. The van der Waals surface area contributed by atoms with E-state index in [1.807, 2.05) is 19.9 Å². The topological polar surface area (TPSA) is 101 Å². The van der Waals surface area contributed by atoms with Crippen LogP contribution in [0.25, 0.3) is 0 Å². The van der Waals surface area contributed by atoms with E-state index in [0.717, 1.165) is 28.7 Å². The van der Waals surface area contributed by atoms with Gasteiger partial charge in [-0.05, 0) is 25.5 Å². The van der Waals surface area contributed by atoms with Gasteiger partial charge in [0.15, 0.2) is 15.9 Å². The first-order valence-electron chi connectivity index (χ1n) is 6.98. The lowest BCUT2D eigenvalue weighted by molar-refractivity contribution is -0.139. The highest BCUT2D eigenvalue weighted by Crippen LogP contribution is 2.22. The number of carboxylic acid groups (broad SMARTS) is 1. The lowest BCUT2D eigenvalue weighted by atomic mass is 10.0. The Hall–Kier alpha value is -2.19. The summed E-state index contributed by atoms with van der Waals surface area (Å²) in [6.45, 7) is 3.68. The third kappa shape index (κ3) is 4.21. The number of aryl methyl sites for hydroxylation is 2. The van der Waals surface area contributed by atoms with E-state index in [9.17, 15) is 23.1 Å². The molecule has 0 fully saturated rings. The summed E-state index contributed by atoms with van der Waals surface area (Å²) in [6, 6.07) is 5.33. The number of carbonyl (C=O) groups excluding carboxylic acids is 1. The van der Waals surface area contributed by atoms with E-state index in [2.05, 4.69) is 5.32 Å². The number of hydrogen-bond donors (Lipinski definition) is 2. The van der Waals surface area contributed by atoms with Crippen LogP contribution in [-0.2, 0) is 14.6 Å². The third-order valence-corrected chi connectivity index (χ3v) is 6.07. The molecule has 128 valence electrons. The standard InChI is InChI=1S/C16H17NO5S2/c1-9-4-10(2)6-11(5-9)14(16(19)20)17-15(18)12-7-13(23-8-12)24(3,21)22/h4-8,14H,1-3H3,(H,17,18)(H,19,20). The maximum Gasteiger partial charge on any atom is 0.330 e. The van der Waals surface area contributed by atoms with E-state index in [-0.39, 0.29) is 9.77 Å². The van der Waals surface area contributed by atoms with Gasteiger partial charge in [-0.3, -0.25) is 4.79 Å². The highest BCUT2D eigenvalue weighted by molar-refractivity contribution is 7.92. The molecule has 2 rings (SSSR count). The molecule has 0 spiro atoms. The van der Waals surface area contributed by atoms with Crippen molar-refractivity contribution in [2.24, 2.45) is 0 Å². The molecule has 0 aliphatic heterocycles. The fraction of sp³-hybridized carbons (Fsp3) is 0.250. The molecule has 0 saturated heterocycles. The molecule has 0 radical (unpaired) electrons. The Morgan fingerprint density at radius 1 is 1.12 bits per heavy atom. The summed E-state index contributed by atoms with van der Waals surface area (Å²) in [4.78, 5) is 23.8. The largest absolute Gasteiger partial charge is 0.479 e. The van der Waals surface area contributed by atoms with Crippen LogP contribution < -0.4 is 5.32 Å². The predicted octanol–water partition coefficient (Wildman–Crippen LogP) is 2.32. The molecule has 1 aromatic carbocycles. The van der Waals surface area contributed by atoms with E-state index >= 15 is 0 Å². The van der Waals surface area contributed by atoms with E-state index in [0.29, 0.717) is 5.56 Å². The minimum absolute atomic E-state index is 0.0610. The molecule has 1 heterocycles. The monoisotopic (exact) mass is 367 g/mol. The molecular weight excluding hydrogens is 350 g/mol. The van der Waals surface area contributed by atoms with Crippen LogP contribution in [0.2, 0.25) is 0 Å². The van der Waals surface area contributed by atoms with Crippen molar-refractivity contribution >= 4 is 33.1 Å². The molecule has 1 unspecified atom stereocenters. The molecule has 6 nitrogen and oxygen atoms in total. The van der Waals surface area contributed by atoms with Gasteiger partial charge in [-0.15, -0.1) is 11.3 Å². The Bertz CT molecular complexity index is 879. The summed E-state index contributed by atoms with van der Waals surface area (Å²) in [5.41, 5.74) is 2.36. The molecule has 2 aromatic rings. The molecule has 1 atom stereocenters. The lowest BCUT2D eigenvalue weighted by Gasteiger charge is -2.16. The Kier molecular flexibility index (Phi) is 5.10. The Morgan fingerprint density at radius 3 is 2.17 bits per heavy atom. The van der Waals surface area contributed by atoms with Gasteiger partial charge in [0, 0.05) is 11.6 Å². The van der Waals surface area contributed by atoms with Crippen molar-refractivity contribution in [1.29, 1.82) is 0 Å². The van der Waals surface area contributed by atoms with Crippen LogP contribution in [0.5, 0.6) is 0 Å². The first-order chi connectivity index (χ1) is 11.1. The summed E-state index contributed by atoms with van der Waals surface area (Å²) in [6.07, 6.45) is 1.05. The van der Waals surface area contributed by atoms with Crippen LogP contribution in [0, 0.1) is 13.8 Å². The number of carbonyl (C=O) groups is 2. The molecule has 0 aliphatic carbocycles. The van der Waals surface area contributed by atoms with Crippen molar-refractivity contribution in [2.45, 2.75) is 24.1 Å². The number of nitrogens with one attached hydrogen (secondary N) is 1. The van der Waals surface area contributed by atoms with Gasteiger partial charge in [-0.1, -0.05) is 29.3 Å². The Balaban J connectivity index is 2.29. The van der Waals surface area contributed by atoms with Crippen LogP contribution >= 0.6 is 11.3 Å². The van der Waals surface area contributed by atoms with Crippen molar-refractivity contribution < 1.29 is 23.1 Å². The Labute approximate surface area is 144 Å². The predicted molar refractivity (Wildman–Crippen MR) is 91.2 cm³/mol. The molecule has 2 N–H and O–H groups in total. The highest BCUT2D eigenvalue weighted by Gasteiger charge is 2.24. The van der Waals surface area contributed by atoms with Crippen LogP contribution in [0.4, 0.5) is 0 Å². The number of thiophene rings is 1. The zero-order valence-electron chi connectivity index (χ0n) is 13.4. The fourth-order valence-corrected chi connectivity index (χ4v) is 4.11. The van der Waals surface area contributed by atoms with E-state index in [1.165, 1.54) is 11.4 Å². The molecule has 8 heteroatoms. The summed E-state index contributed by atoms with van der Waals surface area (Å²) in [5.74, 6) is -1.82. The number of hydrogen-bond acceptors (Lipinski definition) is 5. The molecular formula is C16H17NO5S2. The van der Waals surface area contributed by atoms with Gasteiger partial charge in [0.25, 0.3) is 5.91 Å². The average Bonchev–Trinajstić information content (AvgIpc) is 2.92. The van der Waals surface area contributed by atoms with E-state index < -0.39 is 27.8 Å². The van der Waals surface area contributed by atoms with Gasteiger partial charge in [0.2, 0.25) is 0 Å².